The molecular weight excluding hydrogens is 262 g/mol. The average molecular weight is 273 g/mol. The Morgan fingerprint density at radius 2 is 1.90 bits per heavy atom. The number of hydrogen-bond acceptors (Lipinski definition) is 4. The van der Waals surface area contributed by atoms with Crippen LogP contribution in [0.15, 0.2) is 48.5 Å². The second-order valence-electron chi connectivity index (χ2n) is 4.02. The highest BCUT2D eigenvalue weighted by molar-refractivity contribution is 5.88. The number of carboxylic acid groups (broad SMARTS) is 1. The van der Waals surface area contributed by atoms with Crippen molar-refractivity contribution in [3.05, 3.63) is 69.8 Å². The number of carbonyl (C=O) groups is 1. The Bertz CT molecular complexity index is 639. The smallest absolute Gasteiger partial charge is 0.335 e. The Labute approximate surface area is 114 Å². The fraction of sp³-hybridized carbons (Fsp3) is 0.0714. The van der Waals surface area contributed by atoms with Gasteiger partial charge in [0.05, 0.1) is 10.5 Å². The van der Waals surface area contributed by atoms with E-state index in [2.05, 4.69) is 0 Å². The molecule has 0 saturated heterocycles. The molecule has 102 valence electrons. The molecule has 0 aliphatic rings. The SMILES string of the molecule is O=C(O)c1ccc(OCc2ccccc2)c([N+](=O)[O-])c1. The van der Waals surface area contributed by atoms with Crippen molar-refractivity contribution in [2.75, 3.05) is 0 Å². The molecule has 0 atom stereocenters. The summed E-state index contributed by atoms with van der Waals surface area (Å²) < 4.78 is 5.38. The van der Waals surface area contributed by atoms with Crippen molar-refractivity contribution >= 4 is 11.7 Å². The van der Waals surface area contributed by atoms with Gasteiger partial charge in [-0.15, -0.1) is 0 Å². The fourth-order valence-corrected chi connectivity index (χ4v) is 1.65. The second-order valence-corrected chi connectivity index (χ2v) is 4.02. The summed E-state index contributed by atoms with van der Waals surface area (Å²) >= 11 is 0. The van der Waals surface area contributed by atoms with Crippen molar-refractivity contribution < 1.29 is 19.6 Å². The highest BCUT2D eigenvalue weighted by Crippen LogP contribution is 2.28. The summed E-state index contributed by atoms with van der Waals surface area (Å²) in [5.41, 5.74) is 0.355. The van der Waals surface area contributed by atoms with Crippen LogP contribution in [-0.2, 0) is 6.61 Å². The fourth-order valence-electron chi connectivity index (χ4n) is 1.65. The van der Waals surface area contributed by atoms with E-state index in [1.807, 2.05) is 30.3 Å². The molecule has 0 aliphatic heterocycles. The van der Waals surface area contributed by atoms with Crippen LogP contribution in [0.4, 0.5) is 5.69 Å². The number of nitrogens with zero attached hydrogens (tertiary/aromatic N) is 1. The lowest BCUT2D eigenvalue weighted by Crippen LogP contribution is -2.02. The number of aromatic carboxylic acids is 1. The highest BCUT2D eigenvalue weighted by atomic mass is 16.6. The first-order chi connectivity index (χ1) is 9.58. The van der Waals surface area contributed by atoms with Crippen LogP contribution < -0.4 is 4.74 Å². The minimum absolute atomic E-state index is 0.0452. The zero-order valence-electron chi connectivity index (χ0n) is 10.4. The lowest BCUT2D eigenvalue weighted by atomic mass is 10.2. The quantitative estimate of drug-likeness (QED) is 0.668. The van der Waals surface area contributed by atoms with Crippen molar-refractivity contribution in [3.63, 3.8) is 0 Å². The van der Waals surface area contributed by atoms with E-state index in [1.54, 1.807) is 0 Å². The van der Waals surface area contributed by atoms with E-state index in [1.165, 1.54) is 12.1 Å². The van der Waals surface area contributed by atoms with Gasteiger partial charge in [-0.3, -0.25) is 10.1 Å². The van der Waals surface area contributed by atoms with Crippen LogP contribution in [0.5, 0.6) is 5.75 Å². The van der Waals surface area contributed by atoms with Crippen LogP contribution in [0.2, 0.25) is 0 Å². The predicted octanol–water partition coefficient (Wildman–Crippen LogP) is 2.87. The molecule has 0 aliphatic carbocycles. The second kappa shape index (κ2) is 5.83. The molecule has 0 spiro atoms. The lowest BCUT2D eigenvalue weighted by molar-refractivity contribution is -0.386. The molecule has 0 bridgehead atoms. The topological polar surface area (TPSA) is 89.7 Å². The van der Waals surface area contributed by atoms with Crippen LogP contribution in [0.1, 0.15) is 15.9 Å². The Hall–Kier alpha value is -2.89. The predicted molar refractivity (Wildman–Crippen MR) is 70.8 cm³/mol. The van der Waals surface area contributed by atoms with Crippen molar-refractivity contribution in [1.82, 2.24) is 0 Å². The largest absolute Gasteiger partial charge is 0.482 e. The van der Waals surface area contributed by atoms with Crippen LogP contribution in [-0.4, -0.2) is 16.0 Å². The average Bonchev–Trinajstić information content (AvgIpc) is 2.45. The van der Waals surface area contributed by atoms with Gasteiger partial charge in [0.25, 0.3) is 0 Å². The Morgan fingerprint density at radius 1 is 1.20 bits per heavy atom. The van der Waals surface area contributed by atoms with Crippen molar-refractivity contribution in [3.8, 4) is 5.75 Å². The molecular formula is C14H11NO5. The maximum absolute atomic E-state index is 10.9. The zero-order valence-corrected chi connectivity index (χ0v) is 10.4. The number of ether oxygens (including phenoxy) is 1. The van der Waals surface area contributed by atoms with Crippen molar-refractivity contribution in [2.45, 2.75) is 6.61 Å². The third kappa shape index (κ3) is 3.11. The maximum Gasteiger partial charge on any atom is 0.335 e. The van der Waals surface area contributed by atoms with Gasteiger partial charge in [-0.05, 0) is 17.7 Å². The first-order valence-electron chi connectivity index (χ1n) is 5.76. The third-order valence-corrected chi connectivity index (χ3v) is 2.64. The summed E-state index contributed by atoms with van der Waals surface area (Å²) in [6, 6.07) is 12.7. The third-order valence-electron chi connectivity index (χ3n) is 2.64. The summed E-state index contributed by atoms with van der Waals surface area (Å²) in [7, 11) is 0. The van der Waals surface area contributed by atoms with E-state index in [0.717, 1.165) is 11.6 Å². The van der Waals surface area contributed by atoms with Crippen LogP contribution in [0.3, 0.4) is 0 Å². The van der Waals surface area contributed by atoms with E-state index in [9.17, 15) is 14.9 Å². The molecule has 1 N–H and O–H groups in total. The number of nitro groups is 1. The molecule has 0 radical (unpaired) electrons. The van der Waals surface area contributed by atoms with E-state index in [0.29, 0.717) is 0 Å². The molecule has 20 heavy (non-hydrogen) atoms. The minimum Gasteiger partial charge on any atom is -0.482 e. The van der Waals surface area contributed by atoms with Gasteiger partial charge in [-0.25, -0.2) is 4.79 Å². The van der Waals surface area contributed by atoms with Crippen molar-refractivity contribution in [1.29, 1.82) is 0 Å². The molecule has 6 heteroatoms. The molecule has 0 saturated carbocycles. The van der Waals surface area contributed by atoms with Gasteiger partial charge in [-0.2, -0.15) is 0 Å². The molecule has 2 rings (SSSR count). The molecule has 0 amide bonds. The minimum atomic E-state index is -1.22. The van der Waals surface area contributed by atoms with Gasteiger partial charge in [0.2, 0.25) is 0 Å². The summed E-state index contributed by atoms with van der Waals surface area (Å²) in [4.78, 5) is 21.1. The van der Waals surface area contributed by atoms with Crippen molar-refractivity contribution in [2.24, 2.45) is 0 Å². The van der Waals surface area contributed by atoms with Crippen LogP contribution >= 0.6 is 0 Å². The van der Waals surface area contributed by atoms with E-state index < -0.39 is 10.9 Å². The van der Waals surface area contributed by atoms with Gasteiger partial charge in [0.15, 0.2) is 5.75 Å². The highest BCUT2D eigenvalue weighted by Gasteiger charge is 2.18. The number of hydrogen-bond donors (Lipinski definition) is 1. The van der Waals surface area contributed by atoms with Gasteiger partial charge in [0, 0.05) is 6.07 Å². The Morgan fingerprint density at radius 3 is 2.50 bits per heavy atom. The van der Waals surface area contributed by atoms with E-state index >= 15 is 0 Å². The summed E-state index contributed by atoms with van der Waals surface area (Å²) in [6.07, 6.45) is 0. The van der Waals surface area contributed by atoms with E-state index in [4.69, 9.17) is 9.84 Å². The number of rotatable bonds is 5. The summed E-state index contributed by atoms with van der Waals surface area (Å²) in [5, 5.41) is 19.8. The number of benzene rings is 2. The molecule has 6 nitrogen and oxygen atoms in total. The maximum atomic E-state index is 10.9. The normalized spacial score (nSPS) is 10.0. The molecule has 0 fully saturated rings. The Kier molecular flexibility index (Phi) is 3.95. The molecule has 0 unspecified atom stereocenters. The van der Waals surface area contributed by atoms with Crippen LogP contribution in [0.25, 0.3) is 0 Å². The first kappa shape index (κ1) is 13.5. The summed E-state index contributed by atoms with van der Waals surface area (Å²) in [6.45, 7) is 0.175. The van der Waals surface area contributed by atoms with Gasteiger partial charge in [0.1, 0.15) is 6.61 Å². The summed E-state index contributed by atoms with van der Waals surface area (Å²) in [5.74, 6) is -1.17. The van der Waals surface area contributed by atoms with Gasteiger partial charge >= 0.3 is 11.7 Å². The molecule has 0 heterocycles. The van der Waals surface area contributed by atoms with Gasteiger partial charge < -0.3 is 9.84 Å². The molecule has 2 aromatic carbocycles. The monoisotopic (exact) mass is 273 g/mol. The first-order valence-corrected chi connectivity index (χ1v) is 5.76. The zero-order chi connectivity index (χ0) is 14.5. The Balaban J connectivity index is 2.23. The van der Waals surface area contributed by atoms with Crippen LogP contribution in [0, 0.1) is 10.1 Å². The molecule has 2 aromatic rings. The van der Waals surface area contributed by atoms with E-state index in [-0.39, 0.29) is 23.6 Å². The standard InChI is InChI=1S/C14H11NO5/c16-14(17)11-6-7-13(12(8-11)15(18)19)20-9-10-4-2-1-3-5-10/h1-8H,9H2,(H,16,17). The van der Waals surface area contributed by atoms with Gasteiger partial charge in [-0.1, -0.05) is 30.3 Å². The number of nitro benzene ring substituents is 1. The number of carboxylic acids is 1. The lowest BCUT2D eigenvalue weighted by Gasteiger charge is -2.07. The molecule has 0 aromatic heterocycles.